The van der Waals surface area contributed by atoms with Crippen LogP contribution in [0.4, 0.5) is 18.9 Å². The molecule has 0 saturated carbocycles. The van der Waals surface area contributed by atoms with Crippen molar-refractivity contribution in [3.63, 3.8) is 0 Å². The summed E-state index contributed by atoms with van der Waals surface area (Å²) < 4.78 is 44.8. The number of hydrogen-bond acceptors (Lipinski definition) is 5. The number of alkyl halides is 3. The Morgan fingerprint density at radius 3 is 2.64 bits per heavy atom. The van der Waals surface area contributed by atoms with E-state index in [1.165, 1.54) is 26.3 Å². The van der Waals surface area contributed by atoms with E-state index in [0.717, 1.165) is 10.9 Å². The van der Waals surface area contributed by atoms with Crippen LogP contribution in [0.25, 0.3) is 11.0 Å². The summed E-state index contributed by atoms with van der Waals surface area (Å²) in [5.41, 5.74) is 6.87. The van der Waals surface area contributed by atoms with E-state index in [1.807, 2.05) is 0 Å². The van der Waals surface area contributed by atoms with Gasteiger partial charge in [-0.3, -0.25) is 9.59 Å². The van der Waals surface area contributed by atoms with Crippen molar-refractivity contribution >= 4 is 28.5 Å². The van der Waals surface area contributed by atoms with Crippen LogP contribution in [-0.2, 0) is 6.54 Å². The van der Waals surface area contributed by atoms with E-state index in [4.69, 9.17) is 10.5 Å². The van der Waals surface area contributed by atoms with Gasteiger partial charge in [0, 0.05) is 18.2 Å². The van der Waals surface area contributed by atoms with Crippen molar-refractivity contribution in [2.45, 2.75) is 12.7 Å². The molecule has 33 heavy (non-hydrogen) atoms. The Labute approximate surface area is 186 Å². The summed E-state index contributed by atoms with van der Waals surface area (Å²) in [6.45, 7) is -1.10. The van der Waals surface area contributed by atoms with Gasteiger partial charge in [0.25, 0.3) is 11.8 Å². The zero-order valence-corrected chi connectivity index (χ0v) is 17.7. The molecule has 0 saturated heterocycles. The summed E-state index contributed by atoms with van der Waals surface area (Å²) in [4.78, 5) is 27.4. The second-order valence-electron chi connectivity index (χ2n) is 6.89. The first-order valence-corrected chi connectivity index (χ1v) is 9.61. The lowest BCUT2D eigenvalue weighted by Crippen LogP contribution is -2.17. The van der Waals surface area contributed by atoms with E-state index in [2.05, 4.69) is 27.5 Å². The minimum absolute atomic E-state index is 0.0165. The van der Waals surface area contributed by atoms with Crippen molar-refractivity contribution in [3.8, 4) is 17.6 Å². The number of carbonyl (C=O) groups is 2. The molecule has 172 valence electrons. The summed E-state index contributed by atoms with van der Waals surface area (Å²) in [7, 11) is 2.98. The number of primary amides is 1. The molecule has 0 aliphatic carbocycles. The monoisotopic (exact) mass is 459 g/mol. The molecule has 0 atom stereocenters. The summed E-state index contributed by atoms with van der Waals surface area (Å²) in [5.74, 6) is 5.01. The predicted molar refractivity (Wildman–Crippen MR) is 116 cm³/mol. The van der Waals surface area contributed by atoms with E-state index >= 15 is 0 Å². The zero-order valence-electron chi connectivity index (χ0n) is 17.7. The molecule has 2 aromatic carbocycles. The van der Waals surface area contributed by atoms with Crippen LogP contribution in [0.3, 0.4) is 0 Å². The van der Waals surface area contributed by atoms with Crippen molar-refractivity contribution in [3.05, 3.63) is 53.3 Å². The topological polar surface area (TPSA) is 111 Å². The Morgan fingerprint density at radius 2 is 2.00 bits per heavy atom. The average molecular weight is 459 g/mol. The molecule has 11 heteroatoms. The fourth-order valence-electron chi connectivity index (χ4n) is 3.15. The van der Waals surface area contributed by atoms with Crippen molar-refractivity contribution < 1.29 is 27.5 Å². The van der Waals surface area contributed by atoms with Gasteiger partial charge in [-0.05, 0) is 30.3 Å². The van der Waals surface area contributed by atoms with Gasteiger partial charge in [-0.2, -0.15) is 13.2 Å². The van der Waals surface area contributed by atoms with Crippen molar-refractivity contribution in [2.24, 2.45) is 5.73 Å². The molecule has 0 bridgehead atoms. The molecule has 0 unspecified atom stereocenters. The van der Waals surface area contributed by atoms with Gasteiger partial charge in [0.15, 0.2) is 0 Å². The number of nitrogens with one attached hydrogen (secondary N) is 2. The number of halogens is 3. The highest BCUT2D eigenvalue weighted by Gasteiger charge is 2.29. The normalized spacial score (nSPS) is 10.9. The Balaban J connectivity index is 1.85. The third-order valence-electron chi connectivity index (χ3n) is 4.63. The molecular weight excluding hydrogens is 439 g/mol. The quantitative estimate of drug-likeness (QED) is 0.491. The van der Waals surface area contributed by atoms with E-state index in [1.54, 1.807) is 18.2 Å². The largest absolute Gasteiger partial charge is 0.495 e. The van der Waals surface area contributed by atoms with Crippen LogP contribution < -0.4 is 21.1 Å². The number of rotatable bonds is 6. The second kappa shape index (κ2) is 9.52. The van der Waals surface area contributed by atoms with E-state index in [0.29, 0.717) is 22.6 Å². The highest BCUT2D eigenvalue weighted by molar-refractivity contribution is 6.04. The van der Waals surface area contributed by atoms with Gasteiger partial charge in [-0.25, -0.2) is 4.98 Å². The summed E-state index contributed by atoms with van der Waals surface area (Å²) in [6, 6.07) is 7.67. The van der Waals surface area contributed by atoms with Crippen LogP contribution in [-0.4, -0.2) is 48.2 Å². The highest BCUT2D eigenvalue weighted by Crippen LogP contribution is 2.26. The molecule has 4 N–H and O–H groups in total. The van der Waals surface area contributed by atoms with Crippen LogP contribution in [0.15, 0.2) is 36.7 Å². The number of imidazole rings is 1. The molecule has 1 aromatic heterocycles. The van der Waals surface area contributed by atoms with Gasteiger partial charge in [0.1, 0.15) is 17.8 Å². The SMILES string of the molecule is CNC(=O)c1ccc(NCC#Cc2cc(C(N)=O)c3ncn(CC(F)(F)F)c3c2)c(OC)c1. The molecule has 0 spiro atoms. The number of ether oxygens (including phenoxy) is 1. The Morgan fingerprint density at radius 1 is 1.24 bits per heavy atom. The second-order valence-corrected chi connectivity index (χ2v) is 6.89. The van der Waals surface area contributed by atoms with Crippen LogP contribution in [0.1, 0.15) is 26.3 Å². The molecule has 3 rings (SSSR count). The fourth-order valence-corrected chi connectivity index (χ4v) is 3.15. The smallest absolute Gasteiger partial charge is 0.406 e. The summed E-state index contributed by atoms with van der Waals surface area (Å²) in [6.07, 6.45) is -3.45. The van der Waals surface area contributed by atoms with Gasteiger partial charge in [0.2, 0.25) is 0 Å². The van der Waals surface area contributed by atoms with Gasteiger partial charge < -0.3 is 25.7 Å². The first-order valence-electron chi connectivity index (χ1n) is 9.61. The van der Waals surface area contributed by atoms with E-state index < -0.39 is 18.6 Å². The maximum Gasteiger partial charge on any atom is 0.406 e. The van der Waals surface area contributed by atoms with Crippen molar-refractivity contribution in [1.29, 1.82) is 0 Å². The zero-order chi connectivity index (χ0) is 24.2. The molecule has 0 radical (unpaired) electrons. The lowest BCUT2D eigenvalue weighted by molar-refractivity contribution is -0.139. The number of carbonyl (C=O) groups excluding carboxylic acids is 2. The lowest BCUT2D eigenvalue weighted by atomic mass is 10.1. The Kier molecular flexibility index (Phi) is 6.77. The van der Waals surface area contributed by atoms with Crippen LogP contribution in [0.2, 0.25) is 0 Å². The number of amides is 2. The molecule has 0 fully saturated rings. The minimum atomic E-state index is -4.46. The highest BCUT2D eigenvalue weighted by atomic mass is 19.4. The molecule has 0 aliphatic rings. The summed E-state index contributed by atoms with van der Waals surface area (Å²) >= 11 is 0. The van der Waals surface area contributed by atoms with Crippen LogP contribution in [0.5, 0.6) is 5.75 Å². The molecule has 2 amide bonds. The fraction of sp³-hybridized carbons (Fsp3) is 0.227. The molecule has 8 nitrogen and oxygen atoms in total. The number of methoxy groups -OCH3 is 1. The number of aromatic nitrogens is 2. The number of benzene rings is 2. The number of fused-ring (bicyclic) bond motifs is 1. The maximum atomic E-state index is 12.9. The summed E-state index contributed by atoms with van der Waals surface area (Å²) in [5, 5.41) is 5.57. The molecule has 0 aliphatic heterocycles. The third-order valence-corrected chi connectivity index (χ3v) is 4.63. The van der Waals surface area contributed by atoms with Gasteiger partial charge >= 0.3 is 6.18 Å². The third kappa shape index (κ3) is 5.54. The Hall–Kier alpha value is -4.20. The van der Waals surface area contributed by atoms with Crippen LogP contribution >= 0.6 is 0 Å². The number of anilines is 1. The average Bonchev–Trinajstić information content (AvgIpc) is 3.16. The predicted octanol–water partition coefficient (Wildman–Crippen LogP) is 2.53. The molecule has 3 aromatic rings. The van der Waals surface area contributed by atoms with E-state index in [9.17, 15) is 22.8 Å². The first-order chi connectivity index (χ1) is 15.6. The van der Waals surface area contributed by atoms with Crippen molar-refractivity contribution in [1.82, 2.24) is 14.9 Å². The first kappa shape index (κ1) is 23.5. The van der Waals surface area contributed by atoms with Gasteiger partial charge in [-0.15, -0.1) is 0 Å². The van der Waals surface area contributed by atoms with Crippen molar-refractivity contribution in [2.75, 3.05) is 26.0 Å². The standard InChI is InChI=1S/C22H20F3N5O3/c1-27-21(32)14-5-6-16(18(10-14)33-2)28-7-3-4-13-8-15(20(26)31)19-17(9-13)30(12-29-19)11-22(23,24)25/h5-6,8-10,12,28H,7,11H2,1-2H3,(H2,26,31)(H,27,32). The van der Waals surface area contributed by atoms with E-state index in [-0.39, 0.29) is 29.0 Å². The van der Waals surface area contributed by atoms with Gasteiger partial charge in [-0.1, -0.05) is 11.8 Å². The minimum Gasteiger partial charge on any atom is -0.495 e. The van der Waals surface area contributed by atoms with Crippen LogP contribution in [0, 0.1) is 11.8 Å². The number of nitrogens with two attached hydrogens (primary N) is 1. The molecular formula is C22H20F3N5O3. The maximum absolute atomic E-state index is 12.9. The van der Waals surface area contributed by atoms with Gasteiger partial charge in [0.05, 0.1) is 36.7 Å². The lowest BCUT2D eigenvalue weighted by Gasteiger charge is -2.10. The number of hydrogen-bond donors (Lipinski definition) is 3. The Bertz CT molecular complexity index is 1270. The molecule has 1 heterocycles. The number of nitrogens with zero attached hydrogens (tertiary/aromatic N) is 2.